The number of halogens is 1. The molecule has 0 bridgehead atoms. The molecule has 0 spiro atoms. The van der Waals surface area contributed by atoms with Gasteiger partial charge in [0.15, 0.2) is 11.5 Å². The molecule has 1 N–H and O–H groups in total. The largest absolute Gasteiger partial charge is 0.504 e. The highest BCUT2D eigenvalue weighted by molar-refractivity contribution is 9.10. The minimum Gasteiger partial charge on any atom is -0.504 e. The zero-order chi connectivity index (χ0) is 7.56. The minimum atomic E-state index is 0.0943. The van der Waals surface area contributed by atoms with Crippen LogP contribution in [0.5, 0.6) is 11.5 Å². The van der Waals surface area contributed by atoms with E-state index in [1.165, 1.54) is 13.2 Å². The van der Waals surface area contributed by atoms with Crippen molar-refractivity contribution in [1.29, 1.82) is 0 Å². The molecule has 0 saturated carbocycles. The average molecular weight is 202 g/mol. The Morgan fingerprint density at radius 2 is 2.30 bits per heavy atom. The first-order valence-corrected chi connectivity index (χ1v) is 3.47. The predicted octanol–water partition coefficient (Wildman–Crippen LogP) is 1.96. The molecule has 1 aromatic carbocycles. The molecule has 10 heavy (non-hydrogen) atoms. The lowest BCUT2D eigenvalue weighted by Crippen LogP contribution is -1.83. The molecule has 1 aromatic rings. The summed E-state index contributed by atoms with van der Waals surface area (Å²) in [7, 11) is 1.50. The molecule has 0 aliphatic heterocycles. The molecule has 0 aliphatic carbocycles. The summed E-state index contributed by atoms with van der Waals surface area (Å²) < 4.78 is 5.56. The van der Waals surface area contributed by atoms with Gasteiger partial charge in [-0.15, -0.1) is 0 Å². The zero-order valence-electron chi connectivity index (χ0n) is 5.39. The summed E-state index contributed by atoms with van der Waals surface area (Å²) in [5.74, 6) is 0.538. The number of phenolic OH excluding ortho intramolecular Hbond substituents is 1. The van der Waals surface area contributed by atoms with Crippen molar-refractivity contribution in [1.82, 2.24) is 0 Å². The molecule has 0 aliphatic rings. The SMILES string of the molecule is COc1c(O)c[c]cc1Br. The number of phenols is 1. The van der Waals surface area contributed by atoms with Gasteiger partial charge in [0.2, 0.25) is 0 Å². The number of benzene rings is 1. The van der Waals surface area contributed by atoms with Crippen molar-refractivity contribution in [3.63, 3.8) is 0 Å². The monoisotopic (exact) mass is 201 g/mol. The lowest BCUT2D eigenvalue weighted by atomic mass is 10.3. The first-order chi connectivity index (χ1) is 4.75. The van der Waals surface area contributed by atoms with Crippen LogP contribution in [-0.4, -0.2) is 12.2 Å². The molecule has 1 rings (SSSR count). The average Bonchev–Trinajstić information content (AvgIpc) is 1.88. The molecule has 0 unspecified atom stereocenters. The number of ether oxygens (including phenoxy) is 1. The van der Waals surface area contributed by atoms with Gasteiger partial charge < -0.3 is 9.84 Å². The fourth-order valence-electron chi connectivity index (χ4n) is 0.649. The van der Waals surface area contributed by atoms with Crippen molar-refractivity contribution in [3.8, 4) is 11.5 Å². The van der Waals surface area contributed by atoms with Crippen LogP contribution in [0.15, 0.2) is 16.6 Å². The summed E-state index contributed by atoms with van der Waals surface area (Å²) in [6.45, 7) is 0. The van der Waals surface area contributed by atoms with Crippen LogP contribution in [0.4, 0.5) is 0 Å². The van der Waals surface area contributed by atoms with E-state index in [2.05, 4.69) is 22.0 Å². The highest BCUT2D eigenvalue weighted by atomic mass is 79.9. The molecule has 0 fully saturated rings. The van der Waals surface area contributed by atoms with E-state index in [0.717, 1.165) is 0 Å². The molecular weight excluding hydrogens is 196 g/mol. The Labute approximate surface area is 67.6 Å². The molecule has 0 saturated heterocycles. The summed E-state index contributed by atoms with van der Waals surface area (Å²) >= 11 is 3.19. The van der Waals surface area contributed by atoms with Crippen molar-refractivity contribution in [2.75, 3.05) is 7.11 Å². The Morgan fingerprint density at radius 1 is 1.60 bits per heavy atom. The van der Waals surface area contributed by atoms with Crippen LogP contribution in [-0.2, 0) is 0 Å². The van der Waals surface area contributed by atoms with E-state index in [9.17, 15) is 0 Å². The normalized spacial score (nSPS) is 9.40. The van der Waals surface area contributed by atoms with Crippen molar-refractivity contribution in [2.24, 2.45) is 0 Å². The summed E-state index contributed by atoms with van der Waals surface area (Å²) in [4.78, 5) is 0. The van der Waals surface area contributed by atoms with Gasteiger partial charge in [0, 0.05) is 0 Å². The zero-order valence-corrected chi connectivity index (χ0v) is 6.97. The van der Waals surface area contributed by atoms with Crippen LogP contribution < -0.4 is 4.74 Å². The second-order valence-corrected chi connectivity index (χ2v) is 2.58. The highest BCUT2D eigenvalue weighted by Gasteiger charge is 2.03. The lowest BCUT2D eigenvalue weighted by molar-refractivity contribution is 0.371. The second kappa shape index (κ2) is 2.92. The molecule has 1 radical (unpaired) electrons. The van der Waals surface area contributed by atoms with Gasteiger partial charge in [0.1, 0.15) is 0 Å². The lowest BCUT2D eigenvalue weighted by Gasteiger charge is -2.03. The standard InChI is InChI=1S/C7H6BrO2/c1-10-7-5(8)3-2-4-6(7)9/h3-4,9H,1H3. The number of hydrogen-bond acceptors (Lipinski definition) is 2. The van der Waals surface area contributed by atoms with Gasteiger partial charge in [0.25, 0.3) is 0 Å². The van der Waals surface area contributed by atoms with Gasteiger partial charge in [-0.1, -0.05) is 0 Å². The Kier molecular flexibility index (Phi) is 2.17. The Bertz CT molecular complexity index is 215. The first-order valence-electron chi connectivity index (χ1n) is 2.68. The fraction of sp³-hybridized carbons (Fsp3) is 0.143. The third-order valence-electron chi connectivity index (χ3n) is 1.08. The quantitative estimate of drug-likeness (QED) is 0.754. The maximum Gasteiger partial charge on any atom is 0.174 e. The van der Waals surface area contributed by atoms with E-state index in [0.29, 0.717) is 10.2 Å². The van der Waals surface area contributed by atoms with E-state index < -0.39 is 0 Å². The molecule has 0 aromatic heterocycles. The summed E-state index contributed by atoms with van der Waals surface area (Å²) in [6.07, 6.45) is 0. The smallest absolute Gasteiger partial charge is 0.174 e. The number of aromatic hydroxyl groups is 1. The van der Waals surface area contributed by atoms with E-state index in [4.69, 9.17) is 9.84 Å². The van der Waals surface area contributed by atoms with Crippen molar-refractivity contribution in [2.45, 2.75) is 0 Å². The maximum atomic E-state index is 9.11. The molecule has 53 valence electrons. The molecule has 0 amide bonds. The molecule has 2 nitrogen and oxygen atoms in total. The van der Waals surface area contributed by atoms with Crippen LogP contribution >= 0.6 is 15.9 Å². The second-order valence-electron chi connectivity index (χ2n) is 1.72. The number of methoxy groups -OCH3 is 1. The van der Waals surface area contributed by atoms with Crippen LogP contribution in [0.2, 0.25) is 0 Å². The van der Waals surface area contributed by atoms with Crippen molar-refractivity contribution in [3.05, 3.63) is 22.7 Å². The number of rotatable bonds is 1. The Morgan fingerprint density at radius 3 is 2.70 bits per heavy atom. The van der Waals surface area contributed by atoms with Crippen molar-refractivity contribution >= 4 is 15.9 Å². The van der Waals surface area contributed by atoms with Crippen molar-refractivity contribution < 1.29 is 9.84 Å². The van der Waals surface area contributed by atoms with E-state index in [-0.39, 0.29) is 5.75 Å². The topological polar surface area (TPSA) is 29.5 Å². The van der Waals surface area contributed by atoms with Gasteiger partial charge in [-0.05, 0) is 34.1 Å². The first kappa shape index (κ1) is 7.41. The number of hydrogen-bond donors (Lipinski definition) is 1. The fourth-order valence-corrected chi connectivity index (χ4v) is 1.15. The minimum absolute atomic E-state index is 0.0943. The summed E-state index contributed by atoms with van der Waals surface area (Å²) in [6, 6.07) is 5.85. The van der Waals surface area contributed by atoms with Crippen LogP contribution in [0.1, 0.15) is 0 Å². The van der Waals surface area contributed by atoms with E-state index >= 15 is 0 Å². The third kappa shape index (κ3) is 1.24. The van der Waals surface area contributed by atoms with Crippen LogP contribution in [0, 0.1) is 6.07 Å². The van der Waals surface area contributed by atoms with E-state index in [1.54, 1.807) is 6.07 Å². The molecule has 0 heterocycles. The Hall–Kier alpha value is -0.700. The van der Waals surface area contributed by atoms with Crippen LogP contribution in [0.25, 0.3) is 0 Å². The van der Waals surface area contributed by atoms with Gasteiger partial charge in [0.05, 0.1) is 11.6 Å². The molecule has 0 atom stereocenters. The van der Waals surface area contributed by atoms with Gasteiger partial charge in [-0.3, -0.25) is 0 Å². The molecule has 3 heteroatoms. The van der Waals surface area contributed by atoms with Gasteiger partial charge in [-0.25, -0.2) is 0 Å². The maximum absolute atomic E-state index is 9.11. The van der Waals surface area contributed by atoms with Gasteiger partial charge in [-0.2, -0.15) is 0 Å². The highest BCUT2D eigenvalue weighted by Crippen LogP contribution is 2.32. The third-order valence-corrected chi connectivity index (χ3v) is 1.67. The predicted molar refractivity (Wildman–Crippen MR) is 41.2 cm³/mol. The summed E-state index contributed by atoms with van der Waals surface area (Å²) in [5.41, 5.74) is 0. The molecular formula is C7H6BrO2. The van der Waals surface area contributed by atoms with E-state index in [1.807, 2.05) is 0 Å². The summed E-state index contributed by atoms with van der Waals surface area (Å²) in [5, 5.41) is 9.11. The Balaban J connectivity index is 3.17. The van der Waals surface area contributed by atoms with Crippen LogP contribution in [0.3, 0.4) is 0 Å². The van der Waals surface area contributed by atoms with Gasteiger partial charge >= 0.3 is 0 Å².